The van der Waals surface area contributed by atoms with Crippen molar-refractivity contribution in [3.05, 3.63) is 30.1 Å². The summed E-state index contributed by atoms with van der Waals surface area (Å²) < 4.78 is 39.3. The van der Waals surface area contributed by atoms with E-state index in [2.05, 4.69) is 5.32 Å². The number of rotatable bonds is 4. The van der Waals surface area contributed by atoms with Crippen molar-refractivity contribution in [3.63, 3.8) is 0 Å². The fraction of sp³-hybridized carbons (Fsp3) is 0.500. The maximum atomic E-state index is 12.9. The SMILES string of the molecule is CC(C)NC(=O)[C@H]1CCCN1S(=O)(=O)c1ccc(F)cc1. The smallest absolute Gasteiger partial charge is 0.243 e. The highest BCUT2D eigenvalue weighted by Gasteiger charge is 2.39. The van der Waals surface area contributed by atoms with Gasteiger partial charge in [0.25, 0.3) is 0 Å². The van der Waals surface area contributed by atoms with Crippen molar-refractivity contribution in [1.82, 2.24) is 9.62 Å². The molecule has 0 unspecified atom stereocenters. The van der Waals surface area contributed by atoms with Crippen molar-refractivity contribution in [2.24, 2.45) is 0 Å². The van der Waals surface area contributed by atoms with Crippen LogP contribution in [-0.2, 0) is 14.8 Å². The Morgan fingerprint density at radius 1 is 1.33 bits per heavy atom. The second-order valence-corrected chi connectivity index (χ2v) is 7.28. The highest BCUT2D eigenvalue weighted by atomic mass is 32.2. The summed E-state index contributed by atoms with van der Waals surface area (Å²) in [5.74, 6) is -0.780. The first-order valence-corrected chi connectivity index (χ1v) is 8.34. The topological polar surface area (TPSA) is 66.5 Å². The third-order valence-electron chi connectivity index (χ3n) is 3.36. The Kier molecular flexibility index (Phi) is 4.63. The third-order valence-corrected chi connectivity index (χ3v) is 5.28. The van der Waals surface area contributed by atoms with Crippen molar-refractivity contribution in [2.75, 3.05) is 6.54 Å². The van der Waals surface area contributed by atoms with E-state index in [-0.39, 0.29) is 16.8 Å². The van der Waals surface area contributed by atoms with Crippen molar-refractivity contribution >= 4 is 15.9 Å². The van der Waals surface area contributed by atoms with E-state index in [1.54, 1.807) is 0 Å². The number of carbonyl (C=O) groups excluding carboxylic acids is 1. The van der Waals surface area contributed by atoms with Crippen molar-refractivity contribution in [1.29, 1.82) is 0 Å². The van der Waals surface area contributed by atoms with Crippen LogP contribution in [0.25, 0.3) is 0 Å². The minimum absolute atomic E-state index is 0.00754. The fourth-order valence-electron chi connectivity index (χ4n) is 2.41. The van der Waals surface area contributed by atoms with E-state index in [9.17, 15) is 17.6 Å². The Bertz CT molecular complexity index is 614. The Hall–Kier alpha value is -1.47. The number of carbonyl (C=O) groups is 1. The molecule has 0 radical (unpaired) electrons. The zero-order valence-corrected chi connectivity index (χ0v) is 12.9. The molecule has 2 rings (SSSR count). The summed E-state index contributed by atoms with van der Waals surface area (Å²) in [5.41, 5.74) is 0. The van der Waals surface area contributed by atoms with E-state index in [1.807, 2.05) is 13.8 Å². The number of sulfonamides is 1. The molecule has 1 aromatic carbocycles. The van der Waals surface area contributed by atoms with Crippen LogP contribution in [0.15, 0.2) is 29.2 Å². The number of amides is 1. The second-order valence-electron chi connectivity index (χ2n) is 5.39. The van der Waals surface area contributed by atoms with Gasteiger partial charge in [0.2, 0.25) is 15.9 Å². The molecular formula is C14H19FN2O3S. The standard InChI is InChI=1S/C14H19FN2O3S/c1-10(2)16-14(18)13-4-3-9-17(13)21(19,20)12-7-5-11(15)6-8-12/h5-8,10,13H,3-4,9H2,1-2H3,(H,16,18)/t13-/m1/s1. The molecule has 1 heterocycles. The van der Waals surface area contributed by atoms with E-state index < -0.39 is 21.9 Å². The van der Waals surface area contributed by atoms with Gasteiger partial charge in [-0.1, -0.05) is 0 Å². The quantitative estimate of drug-likeness (QED) is 0.916. The Balaban J connectivity index is 2.26. The van der Waals surface area contributed by atoms with Gasteiger partial charge in [0, 0.05) is 12.6 Å². The molecular weight excluding hydrogens is 295 g/mol. The maximum Gasteiger partial charge on any atom is 0.243 e. The van der Waals surface area contributed by atoms with Crippen LogP contribution < -0.4 is 5.32 Å². The molecule has 0 bridgehead atoms. The first kappa shape index (κ1) is 15.9. The lowest BCUT2D eigenvalue weighted by Crippen LogP contribution is -2.47. The summed E-state index contributed by atoms with van der Waals surface area (Å²) in [7, 11) is -3.78. The maximum absolute atomic E-state index is 12.9. The fourth-order valence-corrected chi connectivity index (χ4v) is 4.07. The minimum atomic E-state index is -3.78. The monoisotopic (exact) mass is 314 g/mol. The zero-order chi connectivity index (χ0) is 15.6. The summed E-state index contributed by atoms with van der Waals surface area (Å²) in [6.45, 7) is 3.95. The molecule has 116 valence electrons. The molecule has 7 heteroatoms. The van der Waals surface area contributed by atoms with Crippen molar-refractivity contribution in [3.8, 4) is 0 Å². The van der Waals surface area contributed by atoms with Crippen LogP contribution in [0.1, 0.15) is 26.7 Å². The highest BCUT2D eigenvalue weighted by Crippen LogP contribution is 2.26. The van der Waals surface area contributed by atoms with Gasteiger partial charge in [0.1, 0.15) is 11.9 Å². The average Bonchev–Trinajstić information content (AvgIpc) is 2.88. The summed E-state index contributed by atoms with van der Waals surface area (Å²) in [6.07, 6.45) is 1.13. The van der Waals surface area contributed by atoms with Gasteiger partial charge in [-0.25, -0.2) is 12.8 Å². The Morgan fingerprint density at radius 3 is 2.52 bits per heavy atom. The van der Waals surface area contributed by atoms with Gasteiger partial charge >= 0.3 is 0 Å². The van der Waals surface area contributed by atoms with E-state index in [0.717, 1.165) is 12.1 Å². The van der Waals surface area contributed by atoms with Crippen molar-refractivity contribution in [2.45, 2.75) is 43.7 Å². The van der Waals surface area contributed by atoms with Crippen LogP contribution in [-0.4, -0.2) is 37.3 Å². The Labute approximate surface area is 124 Å². The molecule has 1 aliphatic heterocycles. The summed E-state index contributed by atoms with van der Waals surface area (Å²) in [6, 6.07) is 3.91. The van der Waals surface area contributed by atoms with Crippen molar-refractivity contribution < 1.29 is 17.6 Å². The van der Waals surface area contributed by atoms with E-state index in [1.165, 1.54) is 16.4 Å². The third kappa shape index (κ3) is 3.41. The summed E-state index contributed by atoms with van der Waals surface area (Å²) in [4.78, 5) is 12.1. The molecule has 1 amide bonds. The Morgan fingerprint density at radius 2 is 1.95 bits per heavy atom. The van der Waals surface area contributed by atoms with E-state index in [4.69, 9.17) is 0 Å². The number of halogens is 1. The van der Waals surface area contributed by atoms with Crippen LogP contribution >= 0.6 is 0 Å². The number of nitrogens with one attached hydrogen (secondary N) is 1. The minimum Gasteiger partial charge on any atom is -0.353 e. The molecule has 1 fully saturated rings. The second kappa shape index (κ2) is 6.11. The molecule has 5 nitrogen and oxygen atoms in total. The molecule has 1 N–H and O–H groups in total. The predicted octanol–water partition coefficient (Wildman–Crippen LogP) is 1.50. The van der Waals surface area contributed by atoms with E-state index in [0.29, 0.717) is 19.4 Å². The van der Waals surface area contributed by atoms with Gasteiger partial charge < -0.3 is 5.32 Å². The molecule has 21 heavy (non-hydrogen) atoms. The molecule has 1 atom stereocenters. The molecule has 0 saturated carbocycles. The van der Waals surface area contributed by atoms with E-state index >= 15 is 0 Å². The van der Waals surface area contributed by atoms with Crippen LogP contribution in [0.5, 0.6) is 0 Å². The molecule has 1 saturated heterocycles. The van der Waals surface area contributed by atoms with Crippen LogP contribution in [0.2, 0.25) is 0 Å². The van der Waals surface area contributed by atoms with Gasteiger partial charge in [-0.2, -0.15) is 4.31 Å². The van der Waals surface area contributed by atoms with Gasteiger partial charge in [-0.3, -0.25) is 4.79 Å². The largest absolute Gasteiger partial charge is 0.353 e. The van der Waals surface area contributed by atoms with Crippen LogP contribution in [0.4, 0.5) is 4.39 Å². The lowest BCUT2D eigenvalue weighted by Gasteiger charge is -2.24. The molecule has 0 aliphatic carbocycles. The normalized spacial score (nSPS) is 19.9. The number of benzene rings is 1. The molecule has 0 spiro atoms. The lowest BCUT2D eigenvalue weighted by atomic mass is 10.2. The average molecular weight is 314 g/mol. The number of nitrogens with zero attached hydrogens (tertiary/aromatic N) is 1. The zero-order valence-electron chi connectivity index (χ0n) is 12.0. The first-order valence-electron chi connectivity index (χ1n) is 6.90. The lowest BCUT2D eigenvalue weighted by molar-refractivity contribution is -0.124. The van der Waals surface area contributed by atoms with Gasteiger partial charge in [0.05, 0.1) is 4.90 Å². The van der Waals surface area contributed by atoms with Gasteiger partial charge in [-0.05, 0) is 51.0 Å². The number of hydrogen-bond acceptors (Lipinski definition) is 3. The summed E-state index contributed by atoms with van der Waals surface area (Å²) in [5, 5.41) is 2.74. The first-order chi connectivity index (χ1) is 9.82. The summed E-state index contributed by atoms with van der Waals surface area (Å²) >= 11 is 0. The van der Waals surface area contributed by atoms with Crippen LogP contribution in [0, 0.1) is 5.82 Å². The highest BCUT2D eigenvalue weighted by molar-refractivity contribution is 7.89. The molecule has 1 aliphatic rings. The number of hydrogen-bond donors (Lipinski definition) is 1. The van der Waals surface area contributed by atoms with Crippen LogP contribution in [0.3, 0.4) is 0 Å². The van der Waals surface area contributed by atoms with Gasteiger partial charge in [-0.15, -0.1) is 0 Å². The van der Waals surface area contributed by atoms with Gasteiger partial charge in [0.15, 0.2) is 0 Å². The molecule has 1 aromatic rings. The molecule has 0 aromatic heterocycles. The predicted molar refractivity (Wildman–Crippen MR) is 76.6 cm³/mol.